The fourth-order valence-electron chi connectivity index (χ4n) is 1.31. The molecule has 0 bridgehead atoms. The maximum atomic E-state index is 5.49. The molecule has 16 heavy (non-hydrogen) atoms. The first-order valence-electron chi connectivity index (χ1n) is 5.89. The quantitative estimate of drug-likeness (QED) is 0.747. The van der Waals surface area contributed by atoms with Gasteiger partial charge in [-0.05, 0) is 13.3 Å². The summed E-state index contributed by atoms with van der Waals surface area (Å²) in [5, 5.41) is 4.50. The van der Waals surface area contributed by atoms with Crippen LogP contribution in [0.25, 0.3) is 0 Å². The molecule has 0 aliphatic carbocycles. The lowest BCUT2D eigenvalue weighted by molar-refractivity contribution is 0.121. The number of aryl methyl sites for hydroxylation is 1. The van der Waals surface area contributed by atoms with Gasteiger partial charge >= 0.3 is 0 Å². The van der Waals surface area contributed by atoms with Gasteiger partial charge in [-0.2, -0.15) is 0 Å². The Balaban J connectivity index is 2.46. The molecule has 0 amide bonds. The topological polar surface area (TPSA) is 34.1 Å². The Morgan fingerprint density at radius 2 is 2.19 bits per heavy atom. The van der Waals surface area contributed by atoms with Gasteiger partial charge in [-0.3, -0.25) is 0 Å². The molecule has 0 aliphatic rings. The van der Waals surface area contributed by atoms with E-state index in [2.05, 4.69) is 38.0 Å². The van der Waals surface area contributed by atoms with Crippen LogP contribution in [0.1, 0.15) is 42.8 Å². The molecule has 0 unspecified atom stereocenters. The summed E-state index contributed by atoms with van der Waals surface area (Å²) in [6.07, 6.45) is 1.06. The molecule has 0 saturated heterocycles. The van der Waals surface area contributed by atoms with E-state index in [1.54, 1.807) is 11.3 Å². The molecule has 0 fully saturated rings. The van der Waals surface area contributed by atoms with Crippen LogP contribution in [0.3, 0.4) is 0 Å². The molecule has 0 aliphatic heterocycles. The predicted molar refractivity (Wildman–Crippen MR) is 68.8 cm³/mol. The SMILES string of the molecule is CCCOCc1nc(C)c(CNC(C)C)s1. The lowest BCUT2D eigenvalue weighted by atomic mass is 10.3. The van der Waals surface area contributed by atoms with Gasteiger partial charge in [0.25, 0.3) is 0 Å². The molecule has 1 heterocycles. The standard InChI is InChI=1S/C12H22N2OS/c1-5-6-15-8-12-14-10(4)11(16-12)7-13-9(2)3/h9,13H,5-8H2,1-4H3. The second-order valence-corrected chi connectivity index (χ2v) is 5.37. The molecular formula is C12H22N2OS. The minimum Gasteiger partial charge on any atom is -0.374 e. The monoisotopic (exact) mass is 242 g/mol. The number of hydrogen-bond donors (Lipinski definition) is 1. The van der Waals surface area contributed by atoms with Crippen molar-refractivity contribution in [2.75, 3.05) is 6.61 Å². The van der Waals surface area contributed by atoms with Crippen LogP contribution in [0.2, 0.25) is 0 Å². The first kappa shape index (κ1) is 13.6. The third kappa shape index (κ3) is 4.60. The van der Waals surface area contributed by atoms with Crippen molar-refractivity contribution in [3.8, 4) is 0 Å². The molecule has 0 spiro atoms. The van der Waals surface area contributed by atoms with Crippen molar-refractivity contribution < 1.29 is 4.74 Å². The Morgan fingerprint density at radius 1 is 1.44 bits per heavy atom. The molecule has 4 heteroatoms. The minimum atomic E-state index is 0.515. The average Bonchev–Trinajstić information content (AvgIpc) is 2.57. The number of rotatable bonds is 7. The highest BCUT2D eigenvalue weighted by Crippen LogP contribution is 2.18. The summed E-state index contributed by atoms with van der Waals surface area (Å²) in [5.74, 6) is 0. The Morgan fingerprint density at radius 3 is 2.81 bits per heavy atom. The predicted octanol–water partition coefficient (Wildman–Crippen LogP) is 2.88. The zero-order valence-electron chi connectivity index (χ0n) is 10.7. The van der Waals surface area contributed by atoms with E-state index in [9.17, 15) is 0 Å². The Bertz CT molecular complexity index is 310. The summed E-state index contributed by atoms with van der Waals surface area (Å²) in [4.78, 5) is 5.84. The summed E-state index contributed by atoms with van der Waals surface area (Å²) in [6.45, 7) is 10.9. The summed E-state index contributed by atoms with van der Waals surface area (Å²) in [7, 11) is 0. The van der Waals surface area contributed by atoms with Crippen molar-refractivity contribution >= 4 is 11.3 Å². The van der Waals surface area contributed by atoms with Crippen LogP contribution in [-0.2, 0) is 17.9 Å². The Hall–Kier alpha value is -0.450. The van der Waals surface area contributed by atoms with Crippen molar-refractivity contribution in [1.29, 1.82) is 0 Å². The van der Waals surface area contributed by atoms with Crippen molar-refractivity contribution in [2.45, 2.75) is 53.3 Å². The normalized spacial score (nSPS) is 11.3. The van der Waals surface area contributed by atoms with Crippen molar-refractivity contribution in [3.05, 3.63) is 15.6 Å². The van der Waals surface area contributed by atoms with E-state index in [0.29, 0.717) is 12.6 Å². The Kier molecular flexibility index (Phi) is 5.95. The minimum absolute atomic E-state index is 0.515. The van der Waals surface area contributed by atoms with Gasteiger partial charge in [0.2, 0.25) is 0 Å². The van der Waals surface area contributed by atoms with Crippen LogP contribution in [0.4, 0.5) is 0 Å². The maximum absolute atomic E-state index is 5.49. The first-order chi connectivity index (χ1) is 7.63. The Labute approximate surface area is 102 Å². The molecular weight excluding hydrogens is 220 g/mol. The zero-order valence-corrected chi connectivity index (χ0v) is 11.5. The first-order valence-corrected chi connectivity index (χ1v) is 6.71. The van der Waals surface area contributed by atoms with Crippen LogP contribution >= 0.6 is 11.3 Å². The van der Waals surface area contributed by atoms with Crippen molar-refractivity contribution in [1.82, 2.24) is 10.3 Å². The third-order valence-electron chi connectivity index (χ3n) is 2.18. The maximum Gasteiger partial charge on any atom is 0.119 e. The third-order valence-corrected chi connectivity index (χ3v) is 3.31. The van der Waals surface area contributed by atoms with Gasteiger partial charge in [-0.25, -0.2) is 4.98 Å². The van der Waals surface area contributed by atoms with E-state index >= 15 is 0 Å². The molecule has 0 atom stereocenters. The van der Waals surface area contributed by atoms with Gasteiger partial charge in [-0.1, -0.05) is 20.8 Å². The summed E-state index contributed by atoms with van der Waals surface area (Å²) < 4.78 is 5.49. The number of hydrogen-bond acceptors (Lipinski definition) is 4. The molecule has 92 valence electrons. The number of nitrogens with one attached hydrogen (secondary N) is 1. The molecule has 3 nitrogen and oxygen atoms in total. The fraction of sp³-hybridized carbons (Fsp3) is 0.750. The van der Waals surface area contributed by atoms with Crippen molar-refractivity contribution in [2.24, 2.45) is 0 Å². The number of thiazole rings is 1. The van der Waals surface area contributed by atoms with E-state index in [-0.39, 0.29) is 0 Å². The van der Waals surface area contributed by atoms with E-state index in [1.165, 1.54) is 4.88 Å². The summed E-state index contributed by atoms with van der Waals surface area (Å²) in [6, 6.07) is 0.515. The van der Waals surface area contributed by atoms with Crippen LogP contribution in [0.5, 0.6) is 0 Å². The highest BCUT2D eigenvalue weighted by molar-refractivity contribution is 7.11. The lowest BCUT2D eigenvalue weighted by Crippen LogP contribution is -2.21. The number of aromatic nitrogens is 1. The number of nitrogens with zero attached hydrogens (tertiary/aromatic N) is 1. The molecule has 1 aromatic rings. The van der Waals surface area contributed by atoms with Gasteiger partial charge in [0.1, 0.15) is 5.01 Å². The summed E-state index contributed by atoms with van der Waals surface area (Å²) >= 11 is 1.75. The van der Waals surface area contributed by atoms with Crippen LogP contribution < -0.4 is 5.32 Å². The second-order valence-electron chi connectivity index (χ2n) is 4.20. The summed E-state index contributed by atoms with van der Waals surface area (Å²) in [5.41, 5.74) is 1.13. The largest absolute Gasteiger partial charge is 0.374 e. The smallest absolute Gasteiger partial charge is 0.119 e. The van der Waals surface area contributed by atoms with Gasteiger partial charge in [-0.15, -0.1) is 11.3 Å². The molecule has 0 aromatic carbocycles. The highest BCUT2D eigenvalue weighted by Gasteiger charge is 2.07. The zero-order chi connectivity index (χ0) is 12.0. The van der Waals surface area contributed by atoms with Gasteiger partial charge < -0.3 is 10.1 Å². The van der Waals surface area contributed by atoms with E-state index < -0.39 is 0 Å². The van der Waals surface area contributed by atoms with Crippen LogP contribution in [0.15, 0.2) is 0 Å². The van der Waals surface area contributed by atoms with Crippen LogP contribution in [0, 0.1) is 6.92 Å². The lowest BCUT2D eigenvalue weighted by Gasteiger charge is -2.05. The van der Waals surface area contributed by atoms with E-state index in [0.717, 1.165) is 30.3 Å². The van der Waals surface area contributed by atoms with E-state index in [1.807, 2.05) is 0 Å². The van der Waals surface area contributed by atoms with Crippen molar-refractivity contribution in [3.63, 3.8) is 0 Å². The van der Waals surface area contributed by atoms with Crippen LogP contribution in [-0.4, -0.2) is 17.6 Å². The second kappa shape index (κ2) is 6.99. The highest BCUT2D eigenvalue weighted by atomic mass is 32.1. The molecule has 1 N–H and O–H groups in total. The van der Waals surface area contributed by atoms with Gasteiger partial charge in [0.05, 0.1) is 12.3 Å². The number of ether oxygens (including phenoxy) is 1. The van der Waals surface area contributed by atoms with Gasteiger partial charge in [0.15, 0.2) is 0 Å². The molecule has 0 radical (unpaired) electrons. The molecule has 1 aromatic heterocycles. The van der Waals surface area contributed by atoms with Gasteiger partial charge in [0, 0.05) is 24.1 Å². The molecule has 0 saturated carbocycles. The average molecular weight is 242 g/mol. The molecule has 1 rings (SSSR count). The van der Waals surface area contributed by atoms with E-state index in [4.69, 9.17) is 4.74 Å². The fourth-order valence-corrected chi connectivity index (χ4v) is 2.27.